The van der Waals surface area contributed by atoms with Gasteiger partial charge in [-0.1, -0.05) is 20.8 Å². The molecule has 5 N–H and O–H groups in total. The molecule has 5 rings (SSSR count). The highest BCUT2D eigenvalue weighted by atomic mass is 32.3. The summed E-state index contributed by atoms with van der Waals surface area (Å²) in [5.74, 6) is -3.56. The van der Waals surface area contributed by atoms with Crippen molar-refractivity contribution in [2.75, 3.05) is 64.8 Å². The minimum absolute atomic E-state index is 0.0796. The fraction of sp³-hybridized carbons (Fsp3) is 0.488. The second-order valence-corrected chi connectivity index (χ2v) is 20.0. The quantitative estimate of drug-likeness (QED) is 0.0446. The molecule has 0 radical (unpaired) electrons. The third kappa shape index (κ3) is 11.6. The molecule has 4 heterocycles. The molecule has 22 heteroatoms. The number of amides is 3. The lowest BCUT2D eigenvalue weighted by molar-refractivity contribution is -0.155. The Morgan fingerprint density at radius 2 is 1.79 bits per heavy atom. The van der Waals surface area contributed by atoms with Crippen LogP contribution in [0, 0.1) is 13.8 Å². The predicted molar refractivity (Wildman–Crippen MR) is 235 cm³/mol. The van der Waals surface area contributed by atoms with E-state index in [2.05, 4.69) is 39.7 Å². The average Bonchev–Trinajstić information content (AvgIpc) is 3.91. The van der Waals surface area contributed by atoms with Gasteiger partial charge in [0, 0.05) is 74.1 Å². The Balaban J connectivity index is 1.17. The Morgan fingerprint density at radius 3 is 2.48 bits per heavy atom. The fourth-order valence-electron chi connectivity index (χ4n) is 7.17. The molecule has 344 valence electrons. The van der Waals surface area contributed by atoms with E-state index in [0.29, 0.717) is 77.8 Å². The maximum atomic E-state index is 13.4. The Kier molecular flexibility index (Phi) is 16.5. The SMILES string of the molecule is CCN[C@@H]1CN(CCCOC)S(=O)(=O)c2sc(S(=O)(=O)NC(=O)C(C)OC(=O)CCC(=O)Oc3ccc4c(c3)/C(=C/c3[nH]c(C)c(C(=O)NCCN(CC)CC)c3C)C(=O)N4)cc21. The van der Waals surface area contributed by atoms with Crippen LogP contribution in [-0.2, 0) is 48.7 Å². The zero-order valence-corrected chi connectivity index (χ0v) is 38.8. The first kappa shape index (κ1) is 49.1. The van der Waals surface area contributed by atoms with Crippen molar-refractivity contribution in [3.05, 3.63) is 57.9 Å². The summed E-state index contributed by atoms with van der Waals surface area (Å²) >= 11 is 0.513. The maximum Gasteiger partial charge on any atom is 0.311 e. The summed E-state index contributed by atoms with van der Waals surface area (Å²) < 4.78 is 71.7. The lowest BCUT2D eigenvalue weighted by Gasteiger charge is -2.32. The number of aromatic amines is 1. The van der Waals surface area contributed by atoms with Gasteiger partial charge in [0.1, 0.15) is 14.2 Å². The standard InChI is InChI=1S/C41H55N7O12S3/c1-8-42-33-23-48(17-11-19-58-7)63(56,57)41-30(33)22-36(61-41)62(54,55)46-38(51)26(6)59-34(49)14-15-35(50)60-27-12-13-31-28(20-27)29(39(52)45-31)21-32-24(4)37(25(5)44-32)40(53)43-16-18-47(9-2)10-3/h12-13,20-22,26,33,42,44H,8-11,14-19,23H2,1-7H3,(H,43,53)(H,45,52)(H,46,51)/b29-21-/t26?,33-/m1/s1. The summed E-state index contributed by atoms with van der Waals surface area (Å²) in [7, 11) is -7.12. The van der Waals surface area contributed by atoms with Crippen molar-refractivity contribution in [2.24, 2.45) is 0 Å². The van der Waals surface area contributed by atoms with E-state index >= 15 is 0 Å². The number of esters is 2. The number of anilines is 1. The Bertz CT molecular complexity index is 2480. The molecule has 3 aromatic rings. The molecule has 2 atom stereocenters. The zero-order chi connectivity index (χ0) is 46.2. The summed E-state index contributed by atoms with van der Waals surface area (Å²) in [6.45, 7) is 14.7. The molecule has 0 spiro atoms. The lowest BCUT2D eigenvalue weighted by atomic mass is 10.0. The molecule has 0 aliphatic carbocycles. The number of ether oxygens (including phenoxy) is 3. The molecule has 2 aromatic heterocycles. The van der Waals surface area contributed by atoms with Crippen LogP contribution in [0.15, 0.2) is 32.7 Å². The summed E-state index contributed by atoms with van der Waals surface area (Å²) in [5.41, 5.74) is 3.78. The number of benzene rings is 1. The van der Waals surface area contributed by atoms with E-state index in [0.717, 1.165) is 20.0 Å². The number of methoxy groups -OCH3 is 1. The van der Waals surface area contributed by atoms with Crippen LogP contribution < -0.4 is 25.4 Å². The normalized spacial score (nSPS) is 16.9. The number of fused-ring (bicyclic) bond motifs is 2. The molecule has 0 fully saturated rings. The number of carbonyl (C=O) groups is 5. The first-order chi connectivity index (χ1) is 29.8. The van der Waals surface area contributed by atoms with Gasteiger partial charge in [0.25, 0.3) is 37.8 Å². The van der Waals surface area contributed by atoms with Crippen LogP contribution >= 0.6 is 11.3 Å². The monoisotopic (exact) mass is 933 g/mol. The highest BCUT2D eigenvalue weighted by Crippen LogP contribution is 2.40. The summed E-state index contributed by atoms with van der Waals surface area (Å²) in [4.78, 5) is 69.9. The van der Waals surface area contributed by atoms with Crippen LogP contribution in [-0.4, -0.2) is 126 Å². The van der Waals surface area contributed by atoms with Gasteiger partial charge in [0.05, 0.1) is 24.0 Å². The van der Waals surface area contributed by atoms with Crippen LogP contribution in [0.5, 0.6) is 5.75 Å². The van der Waals surface area contributed by atoms with E-state index in [1.807, 2.05) is 11.6 Å². The third-order valence-corrected chi connectivity index (χ3v) is 15.9. The average molecular weight is 934 g/mol. The summed E-state index contributed by atoms with van der Waals surface area (Å²) in [6, 6.07) is 5.24. The first-order valence-electron chi connectivity index (χ1n) is 20.5. The van der Waals surface area contributed by atoms with Gasteiger partial charge in [-0.3, -0.25) is 24.0 Å². The Labute approximate surface area is 371 Å². The molecule has 3 amide bonds. The molecule has 2 aliphatic heterocycles. The topological polar surface area (TPSA) is 252 Å². The van der Waals surface area contributed by atoms with Gasteiger partial charge in [-0.25, -0.2) is 21.6 Å². The van der Waals surface area contributed by atoms with Crippen molar-refractivity contribution in [3.63, 3.8) is 0 Å². The fourth-order valence-corrected chi connectivity index (χ4v) is 12.1. The number of carbonyl (C=O) groups excluding carboxylic acids is 5. The van der Waals surface area contributed by atoms with Crippen molar-refractivity contribution in [3.8, 4) is 5.75 Å². The molecule has 63 heavy (non-hydrogen) atoms. The van der Waals surface area contributed by atoms with Gasteiger partial charge in [-0.15, -0.1) is 11.3 Å². The molecular weight excluding hydrogens is 879 g/mol. The molecule has 2 aliphatic rings. The van der Waals surface area contributed by atoms with Crippen LogP contribution in [0.3, 0.4) is 0 Å². The number of hydrogen-bond acceptors (Lipinski definition) is 15. The van der Waals surface area contributed by atoms with Crippen molar-refractivity contribution in [1.82, 2.24) is 29.5 Å². The van der Waals surface area contributed by atoms with Gasteiger partial charge >= 0.3 is 11.9 Å². The number of aromatic nitrogens is 1. The number of nitrogens with one attached hydrogen (secondary N) is 5. The highest BCUT2D eigenvalue weighted by molar-refractivity contribution is 7.94. The zero-order valence-electron chi connectivity index (χ0n) is 36.3. The molecular formula is C41H55N7O12S3. The molecule has 1 unspecified atom stereocenters. The van der Waals surface area contributed by atoms with E-state index in [4.69, 9.17) is 14.2 Å². The smallest absolute Gasteiger partial charge is 0.311 e. The van der Waals surface area contributed by atoms with E-state index in [1.165, 1.54) is 29.6 Å². The first-order valence-corrected chi connectivity index (χ1v) is 24.3. The predicted octanol–water partition coefficient (Wildman–Crippen LogP) is 3.07. The number of rotatable bonds is 21. The summed E-state index contributed by atoms with van der Waals surface area (Å²) in [6.07, 6.45) is -0.527. The van der Waals surface area contributed by atoms with Gasteiger partial charge in [0.15, 0.2) is 6.10 Å². The maximum absolute atomic E-state index is 13.4. The van der Waals surface area contributed by atoms with E-state index < -0.39 is 73.0 Å². The van der Waals surface area contributed by atoms with Crippen molar-refractivity contribution < 1.29 is 55.0 Å². The van der Waals surface area contributed by atoms with E-state index in [1.54, 1.807) is 26.0 Å². The number of hydrogen-bond donors (Lipinski definition) is 5. The second kappa shape index (κ2) is 21.1. The van der Waals surface area contributed by atoms with Gasteiger partial charge in [-0.2, -0.15) is 4.31 Å². The van der Waals surface area contributed by atoms with Crippen molar-refractivity contribution in [1.29, 1.82) is 0 Å². The lowest BCUT2D eigenvalue weighted by Crippen LogP contribution is -2.43. The van der Waals surface area contributed by atoms with Crippen molar-refractivity contribution in [2.45, 2.75) is 81.4 Å². The molecule has 0 saturated carbocycles. The minimum Gasteiger partial charge on any atom is -0.452 e. The van der Waals surface area contributed by atoms with Crippen molar-refractivity contribution >= 4 is 78.4 Å². The summed E-state index contributed by atoms with van der Waals surface area (Å²) in [5, 5.41) is 8.92. The second-order valence-electron chi connectivity index (χ2n) is 14.9. The van der Waals surface area contributed by atoms with Gasteiger partial charge in [-0.05, 0) is 82.7 Å². The third-order valence-electron chi connectivity index (χ3n) is 10.6. The largest absolute Gasteiger partial charge is 0.452 e. The Morgan fingerprint density at radius 1 is 1.08 bits per heavy atom. The molecule has 19 nitrogen and oxygen atoms in total. The van der Waals surface area contributed by atoms with Crippen LogP contribution in [0.25, 0.3) is 11.6 Å². The number of likely N-dealkylation sites (N-methyl/N-ethyl adjacent to an activating group) is 2. The number of thiophene rings is 1. The Hall–Kier alpha value is -4.97. The number of nitrogens with zero attached hydrogens (tertiary/aromatic N) is 2. The van der Waals surface area contributed by atoms with Gasteiger partial charge in [0.2, 0.25) is 0 Å². The molecule has 0 bridgehead atoms. The highest BCUT2D eigenvalue weighted by Gasteiger charge is 2.40. The van der Waals surface area contributed by atoms with E-state index in [-0.39, 0.29) is 40.1 Å². The molecule has 0 saturated heterocycles. The minimum atomic E-state index is -4.59. The number of sulfonamides is 2. The van der Waals surface area contributed by atoms with Crippen LogP contribution in [0.1, 0.15) is 91.4 Å². The van der Waals surface area contributed by atoms with Crippen LogP contribution in [0.4, 0.5) is 5.69 Å². The van der Waals surface area contributed by atoms with Gasteiger partial charge < -0.3 is 40.0 Å². The molecule has 1 aromatic carbocycles. The number of aryl methyl sites for hydroxylation is 1. The number of H-pyrrole nitrogens is 1. The van der Waals surface area contributed by atoms with Crippen LogP contribution in [0.2, 0.25) is 0 Å². The van der Waals surface area contributed by atoms with E-state index in [9.17, 15) is 40.8 Å².